The molecule has 0 atom stereocenters. The maximum atomic E-state index is 13.1. The number of urea groups is 1. The molecule has 0 aliphatic carbocycles. The van der Waals surface area contributed by atoms with E-state index in [-0.39, 0.29) is 18.8 Å². The van der Waals surface area contributed by atoms with Gasteiger partial charge in [-0.15, -0.1) is 0 Å². The van der Waals surface area contributed by atoms with Crippen molar-refractivity contribution >= 4 is 35.6 Å². The van der Waals surface area contributed by atoms with Gasteiger partial charge in [0, 0.05) is 0 Å². The van der Waals surface area contributed by atoms with E-state index in [1.54, 1.807) is 37.3 Å². The molecule has 1 aliphatic heterocycles. The third-order valence-corrected chi connectivity index (χ3v) is 4.72. The van der Waals surface area contributed by atoms with Crippen LogP contribution in [0.15, 0.2) is 42.0 Å². The molecule has 1 N–H and O–H groups in total. The fourth-order valence-corrected chi connectivity index (χ4v) is 3.37. The number of hydrogen-bond acceptors (Lipinski definition) is 7. The summed E-state index contributed by atoms with van der Waals surface area (Å²) in [5, 5.41) is 2.20. The summed E-state index contributed by atoms with van der Waals surface area (Å²) in [4.78, 5) is 50.4. The molecular formula is C24H24N2O7. The van der Waals surface area contributed by atoms with Gasteiger partial charge in [-0.25, -0.2) is 14.5 Å². The maximum Gasteiger partial charge on any atom is 0.344 e. The second kappa shape index (κ2) is 9.99. The van der Waals surface area contributed by atoms with Crippen LogP contribution in [0.2, 0.25) is 0 Å². The molecule has 0 spiro atoms. The molecule has 1 aliphatic rings. The quantitative estimate of drug-likeness (QED) is 0.391. The summed E-state index contributed by atoms with van der Waals surface area (Å²) in [7, 11) is 1.42. The monoisotopic (exact) mass is 452 g/mol. The van der Waals surface area contributed by atoms with E-state index in [1.165, 1.54) is 13.2 Å². The number of nitrogens with zero attached hydrogens (tertiary/aromatic N) is 1. The Hall–Kier alpha value is -4.14. The van der Waals surface area contributed by atoms with E-state index >= 15 is 0 Å². The average Bonchev–Trinajstić information content (AvgIpc) is 2.75. The van der Waals surface area contributed by atoms with Crippen LogP contribution < -0.4 is 19.7 Å². The molecule has 4 amide bonds. The second-order valence-corrected chi connectivity index (χ2v) is 7.31. The van der Waals surface area contributed by atoms with E-state index in [0.717, 1.165) is 16.0 Å². The molecule has 1 heterocycles. The van der Waals surface area contributed by atoms with Gasteiger partial charge in [0.1, 0.15) is 5.57 Å². The lowest BCUT2D eigenvalue weighted by molar-refractivity contribution is -0.145. The van der Waals surface area contributed by atoms with Crippen LogP contribution in [-0.2, 0) is 19.1 Å². The van der Waals surface area contributed by atoms with Crippen LogP contribution in [0.4, 0.5) is 10.5 Å². The predicted molar refractivity (Wildman–Crippen MR) is 120 cm³/mol. The smallest absolute Gasteiger partial charge is 0.344 e. The Bertz CT molecular complexity index is 1130. The lowest BCUT2D eigenvalue weighted by atomic mass is 10.0. The molecule has 172 valence electrons. The topological polar surface area (TPSA) is 111 Å². The van der Waals surface area contributed by atoms with E-state index < -0.39 is 23.8 Å². The maximum absolute atomic E-state index is 13.1. The molecule has 0 saturated carbocycles. The number of carbonyl (C=O) groups is 4. The van der Waals surface area contributed by atoms with Crippen molar-refractivity contribution in [2.45, 2.75) is 20.8 Å². The Kier molecular flexibility index (Phi) is 7.12. The average molecular weight is 452 g/mol. The molecule has 1 fully saturated rings. The van der Waals surface area contributed by atoms with Gasteiger partial charge in [0.05, 0.1) is 19.4 Å². The summed E-state index contributed by atoms with van der Waals surface area (Å²) < 4.78 is 15.5. The molecule has 33 heavy (non-hydrogen) atoms. The molecule has 0 bridgehead atoms. The number of imide groups is 2. The van der Waals surface area contributed by atoms with Crippen molar-refractivity contribution in [2.24, 2.45) is 0 Å². The van der Waals surface area contributed by atoms with Gasteiger partial charge in [0.25, 0.3) is 11.8 Å². The van der Waals surface area contributed by atoms with Crippen molar-refractivity contribution in [2.75, 3.05) is 25.2 Å². The highest BCUT2D eigenvalue weighted by Gasteiger charge is 2.37. The van der Waals surface area contributed by atoms with Crippen LogP contribution in [0.3, 0.4) is 0 Å². The molecule has 1 saturated heterocycles. The zero-order valence-corrected chi connectivity index (χ0v) is 18.8. The Morgan fingerprint density at radius 1 is 1.03 bits per heavy atom. The van der Waals surface area contributed by atoms with Crippen molar-refractivity contribution in [1.29, 1.82) is 0 Å². The van der Waals surface area contributed by atoms with Gasteiger partial charge in [0.2, 0.25) is 0 Å². The molecule has 0 radical (unpaired) electrons. The number of carbonyl (C=O) groups excluding carboxylic acids is 4. The van der Waals surface area contributed by atoms with Gasteiger partial charge in [0.15, 0.2) is 18.1 Å². The number of amides is 4. The number of aryl methyl sites for hydroxylation is 2. The van der Waals surface area contributed by atoms with Crippen LogP contribution in [0.5, 0.6) is 11.5 Å². The van der Waals surface area contributed by atoms with Crippen molar-refractivity contribution in [1.82, 2.24) is 5.32 Å². The lowest BCUT2D eigenvalue weighted by Gasteiger charge is -2.27. The molecule has 3 rings (SSSR count). The van der Waals surface area contributed by atoms with Crippen molar-refractivity contribution in [3.8, 4) is 11.5 Å². The van der Waals surface area contributed by atoms with Crippen molar-refractivity contribution in [3.63, 3.8) is 0 Å². The van der Waals surface area contributed by atoms with Crippen LogP contribution in [-0.4, -0.2) is 44.1 Å². The van der Waals surface area contributed by atoms with Gasteiger partial charge in [-0.05, 0) is 67.8 Å². The molecule has 2 aromatic rings. The highest BCUT2D eigenvalue weighted by atomic mass is 16.6. The number of ether oxygens (including phenoxy) is 3. The van der Waals surface area contributed by atoms with Gasteiger partial charge in [-0.3, -0.25) is 14.9 Å². The van der Waals surface area contributed by atoms with Crippen LogP contribution >= 0.6 is 0 Å². The Labute approximate surface area is 190 Å². The van der Waals surface area contributed by atoms with E-state index in [0.29, 0.717) is 22.7 Å². The lowest BCUT2D eigenvalue weighted by Crippen LogP contribution is -2.54. The Morgan fingerprint density at radius 2 is 1.73 bits per heavy atom. The van der Waals surface area contributed by atoms with Crippen molar-refractivity contribution in [3.05, 3.63) is 58.7 Å². The molecule has 0 aromatic heterocycles. The molecule has 0 unspecified atom stereocenters. The number of methoxy groups -OCH3 is 1. The normalized spacial score (nSPS) is 14.8. The first-order chi connectivity index (χ1) is 15.7. The summed E-state index contributed by atoms with van der Waals surface area (Å²) in [6.45, 7) is 5.34. The number of hydrogen-bond donors (Lipinski definition) is 1. The molecule has 9 heteroatoms. The van der Waals surface area contributed by atoms with E-state index in [9.17, 15) is 19.2 Å². The minimum atomic E-state index is -0.813. The van der Waals surface area contributed by atoms with E-state index in [4.69, 9.17) is 14.2 Å². The van der Waals surface area contributed by atoms with Crippen LogP contribution in [0.25, 0.3) is 6.08 Å². The first kappa shape index (κ1) is 23.5. The Balaban J connectivity index is 1.90. The number of rotatable bonds is 7. The summed E-state index contributed by atoms with van der Waals surface area (Å²) in [5.41, 5.74) is 2.36. The number of anilines is 1. The standard InChI is InChI=1S/C24H24N2O7/c1-5-32-21(27)13-33-19-7-6-16(12-20(19)31-4)11-18-22(28)25-24(30)26(23(18)29)17-9-14(2)8-15(3)10-17/h6-12H,5,13H2,1-4H3,(H,25,28,30)/b18-11+. The zero-order valence-electron chi connectivity index (χ0n) is 18.8. The van der Waals surface area contributed by atoms with Gasteiger partial charge in [-0.2, -0.15) is 0 Å². The van der Waals surface area contributed by atoms with E-state index in [2.05, 4.69) is 5.32 Å². The summed E-state index contributed by atoms with van der Waals surface area (Å²) >= 11 is 0. The number of nitrogens with one attached hydrogen (secondary N) is 1. The summed E-state index contributed by atoms with van der Waals surface area (Å²) in [5.74, 6) is -1.48. The van der Waals surface area contributed by atoms with Crippen LogP contribution in [0.1, 0.15) is 23.6 Å². The molecular weight excluding hydrogens is 428 g/mol. The third-order valence-electron chi connectivity index (χ3n) is 4.72. The highest BCUT2D eigenvalue weighted by Crippen LogP contribution is 2.30. The fourth-order valence-electron chi connectivity index (χ4n) is 3.37. The van der Waals surface area contributed by atoms with Crippen LogP contribution in [0, 0.1) is 13.8 Å². The fraction of sp³-hybridized carbons (Fsp3) is 0.250. The van der Waals surface area contributed by atoms with Crippen molar-refractivity contribution < 1.29 is 33.4 Å². The second-order valence-electron chi connectivity index (χ2n) is 7.31. The van der Waals surface area contributed by atoms with E-state index in [1.807, 2.05) is 19.9 Å². The minimum absolute atomic E-state index is 0.212. The number of barbiturate groups is 1. The van der Waals surface area contributed by atoms with Gasteiger partial charge >= 0.3 is 12.0 Å². The van der Waals surface area contributed by atoms with Gasteiger partial charge < -0.3 is 14.2 Å². The zero-order chi connectivity index (χ0) is 24.1. The number of esters is 1. The number of benzene rings is 2. The minimum Gasteiger partial charge on any atom is -0.493 e. The summed E-state index contributed by atoms with van der Waals surface area (Å²) in [6, 6.07) is 9.16. The predicted octanol–water partition coefficient (Wildman–Crippen LogP) is 2.92. The first-order valence-corrected chi connectivity index (χ1v) is 10.2. The summed E-state index contributed by atoms with van der Waals surface area (Å²) in [6.07, 6.45) is 1.36. The first-order valence-electron chi connectivity index (χ1n) is 10.2. The molecule has 2 aromatic carbocycles. The highest BCUT2D eigenvalue weighted by molar-refractivity contribution is 6.39. The Morgan fingerprint density at radius 3 is 2.36 bits per heavy atom. The largest absolute Gasteiger partial charge is 0.493 e. The third kappa shape index (κ3) is 5.38. The molecule has 9 nitrogen and oxygen atoms in total. The van der Waals surface area contributed by atoms with Gasteiger partial charge in [-0.1, -0.05) is 12.1 Å². The SMILES string of the molecule is CCOC(=O)COc1ccc(/C=C2\C(=O)NC(=O)N(c3cc(C)cc(C)c3)C2=O)cc1OC.